The Morgan fingerprint density at radius 1 is 1.40 bits per heavy atom. The Bertz CT molecular complexity index is 239. The highest BCUT2D eigenvalue weighted by Crippen LogP contribution is 2.31. The third kappa shape index (κ3) is 0.841. The Morgan fingerprint density at radius 3 is 3.10 bits per heavy atom. The maximum atomic E-state index is 2.31. The van der Waals surface area contributed by atoms with Gasteiger partial charge in [-0.1, -0.05) is 29.4 Å². The zero-order chi connectivity index (χ0) is 6.97. The van der Waals surface area contributed by atoms with Gasteiger partial charge in [0.1, 0.15) is 0 Å². The first-order valence-corrected chi connectivity index (χ1v) is 3.92. The van der Waals surface area contributed by atoms with Gasteiger partial charge in [0.2, 0.25) is 0 Å². The van der Waals surface area contributed by atoms with Crippen LogP contribution in [0.3, 0.4) is 0 Å². The van der Waals surface area contributed by atoms with Crippen LogP contribution in [0.2, 0.25) is 0 Å². The quantitative estimate of drug-likeness (QED) is 0.475. The van der Waals surface area contributed by atoms with Crippen LogP contribution in [0.5, 0.6) is 0 Å². The zero-order valence-electron chi connectivity index (χ0n) is 6.35. The van der Waals surface area contributed by atoms with Gasteiger partial charge in [-0.25, -0.2) is 0 Å². The molecule has 0 heterocycles. The highest BCUT2D eigenvalue weighted by atomic mass is 14.2. The minimum atomic E-state index is 1.24. The molecule has 2 aliphatic carbocycles. The van der Waals surface area contributed by atoms with E-state index in [2.05, 4.69) is 25.2 Å². The molecule has 10 heavy (non-hydrogen) atoms. The largest absolute Gasteiger partial charge is 0.0836 e. The van der Waals surface area contributed by atoms with Crippen molar-refractivity contribution < 1.29 is 0 Å². The van der Waals surface area contributed by atoms with Crippen LogP contribution in [0.15, 0.2) is 34.9 Å². The van der Waals surface area contributed by atoms with E-state index in [1.165, 1.54) is 30.4 Å². The molecule has 0 spiro atoms. The van der Waals surface area contributed by atoms with Crippen molar-refractivity contribution in [2.24, 2.45) is 0 Å². The van der Waals surface area contributed by atoms with Crippen LogP contribution >= 0.6 is 0 Å². The Kier molecular flexibility index (Phi) is 1.26. The highest BCUT2D eigenvalue weighted by Gasteiger charge is 2.12. The smallest absolute Gasteiger partial charge is 0.00988 e. The second kappa shape index (κ2) is 2.12. The Balaban J connectivity index is 2.31. The molecule has 0 aromatic heterocycles. The molecule has 0 bridgehead atoms. The summed E-state index contributed by atoms with van der Waals surface area (Å²) in [6.07, 6.45) is 10.6. The molecule has 52 valence electrons. The van der Waals surface area contributed by atoms with Crippen molar-refractivity contribution >= 4 is 0 Å². The van der Waals surface area contributed by atoms with Crippen molar-refractivity contribution in [2.45, 2.75) is 26.2 Å². The maximum absolute atomic E-state index is 2.31. The molecule has 0 aromatic rings. The number of allylic oxidation sites excluding steroid dienone is 6. The fraction of sp³-hybridized carbons (Fsp3) is 0.400. The summed E-state index contributed by atoms with van der Waals surface area (Å²) in [7, 11) is 0. The molecular weight excluding hydrogens is 120 g/mol. The summed E-state index contributed by atoms with van der Waals surface area (Å²) in [4.78, 5) is 0. The van der Waals surface area contributed by atoms with Crippen LogP contribution in [0.1, 0.15) is 26.2 Å². The van der Waals surface area contributed by atoms with Gasteiger partial charge in [0, 0.05) is 0 Å². The van der Waals surface area contributed by atoms with Crippen LogP contribution in [0, 0.1) is 0 Å². The van der Waals surface area contributed by atoms with Crippen LogP contribution in [-0.4, -0.2) is 0 Å². The predicted octanol–water partition coefficient (Wildman–Crippen LogP) is 2.98. The lowest BCUT2D eigenvalue weighted by atomic mass is 9.99. The summed E-state index contributed by atoms with van der Waals surface area (Å²) in [5.41, 5.74) is 4.67. The molecule has 0 radical (unpaired) electrons. The third-order valence-corrected chi connectivity index (χ3v) is 2.21. The maximum Gasteiger partial charge on any atom is -0.00988 e. The van der Waals surface area contributed by atoms with E-state index in [1.807, 2.05) is 0 Å². The summed E-state index contributed by atoms with van der Waals surface area (Å²) >= 11 is 0. The van der Waals surface area contributed by atoms with Crippen molar-refractivity contribution in [3.8, 4) is 0 Å². The Morgan fingerprint density at radius 2 is 2.30 bits per heavy atom. The van der Waals surface area contributed by atoms with E-state index in [-0.39, 0.29) is 0 Å². The van der Waals surface area contributed by atoms with Gasteiger partial charge in [-0.2, -0.15) is 0 Å². The van der Waals surface area contributed by atoms with Gasteiger partial charge in [-0.3, -0.25) is 0 Å². The highest BCUT2D eigenvalue weighted by molar-refractivity contribution is 5.46. The molecule has 0 atom stereocenters. The Hall–Kier alpha value is -0.780. The lowest BCUT2D eigenvalue weighted by molar-refractivity contribution is 0.913. The van der Waals surface area contributed by atoms with E-state index in [9.17, 15) is 0 Å². The molecular formula is C10H12. The predicted molar refractivity (Wildman–Crippen MR) is 43.8 cm³/mol. The van der Waals surface area contributed by atoms with Crippen LogP contribution < -0.4 is 0 Å². The van der Waals surface area contributed by atoms with Crippen molar-refractivity contribution in [3.05, 3.63) is 34.9 Å². The topological polar surface area (TPSA) is 0 Å². The van der Waals surface area contributed by atoms with Gasteiger partial charge in [-0.05, 0) is 31.8 Å². The lowest BCUT2D eigenvalue weighted by Gasteiger charge is -2.06. The first-order valence-electron chi connectivity index (χ1n) is 3.92. The van der Waals surface area contributed by atoms with Gasteiger partial charge < -0.3 is 0 Å². The molecule has 2 rings (SSSR count). The van der Waals surface area contributed by atoms with Crippen LogP contribution in [0.4, 0.5) is 0 Å². The average Bonchev–Trinajstić information content (AvgIpc) is 2.27. The molecule has 0 aromatic carbocycles. The van der Waals surface area contributed by atoms with E-state index < -0.39 is 0 Å². The summed E-state index contributed by atoms with van der Waals surface area (Å²) < 4.78 is 0. The molecule has 0 amide bonds. The standard InChI is InChI=1S/C10H12/c1-8-6-9-4-2-3-5-10(9)7-8/h2,4,6H,3,5,7H2,1H3. The molecule has 0 fully saturated rings. The average molecular weight is 132 g/mol. The van der Waals surface area contributed by atoms with Gasteiger partial charge in [0.15, 0.2) is 0 Å². The lowest BCUT2D eigenvalue weighted by Crippen LogP contribution is -1.87. The van der Waals surface area contributed by atoms with Gasteiger partial charge >= 0.3 is 0 Å². The van der Waals surface area contributed by atoms with Crippen molar-refractivity contribution in [1.82, 2.24) is 0 Å². The monoisotopic (exact) mass is 132 g/mol. The normalized spacial score (nSPS) is 23.1. The van der Waals surface area contributed by atoms with E-state index >= 15 is 0 Å². The molecule has 0 N–H and O–H groups in total. The van der Waals surface area contributed by atoms with E-state index in [4.69, 9.17) is 0 Å². The number of hydrogen-bond donors (Lipinski definition) is 0. The molecule has 0 aliphatic heterocycles. The molecule has 0 unspecified atom stereocenters. The molecule has 0 heteroatoms. The first kappa shape index (κ1) is 5.96. The van der Waals surface area contributed by atoms with Crippen molar-refractivity contribution in [2.75, 3.05) is 0 Å². The van der Waals surface area contributed by atoms with Crippen LogP contribution in [-0.2, 0) is 0 Å². The summed E-state index contributed by atoms with van der Waals surface area (Å²) in [5, 5.41) is 0. The minimum absolute atomic E-state index is 1.24. The zero-order valence-corrected chi connectivity index (χ0v) is 6.35. The summed E-state index contributed by atoms with van der Waals surface area (Å²) in [6.45, 7) is 2.21. The third-order valence-electron chi connectivity index (χ3n) is 2.21. The number of hydrogen-bond acceptors (Lipinski definition) is 0. The number of rotatable bonds is 0. The fourth-order valence-electron chi connectivity index (χ4n) is 1.72. The van der Waals surface area contributed by atoms with Crippen molar-refractivity contribution in [1.29, 1.82) is 0 Å². The van der Waals surface area contributed by atoms with E-state index in [0.29, 0.717) is 0 Å². The summed E-state index contributed by atoms with van der Waals surface area (Å²) in [6, 6.07) is 0. The SMILES string of the molecule is CC1=CC2=C(CCC=C2)C1. The van der Waals surface area contributed by atoms with Gasteiger partial charge in [-0.15, -0.1) is 0 Å². The van der Waals surface area contributed by atoms with Crippen LogP contribution in [0.25, 0.3) is 0 Å². The molecule has 0 saturated heterocycles. The van der Waals surface area contributed by atoms with E-state index in [0.717, 1.165) is 0 Å². The van der Waals surface area contributed by atoms with Crippen molar-refractivity contribution in [3.63, 3.8) is 0 Å². The minimum Gasteiger partial charge on any atom is -0.0836 e. The summed E-state index contributed by atoms with van der Waals surface area (Å²) in [5.74, 6) is 0. The second-order valence-electron chi connectivity index (χ2n) is 3.17. The Labute approximate surface area is 61.9 Å². The molecule has 2 aliphatic rings. The first-order chi connectivity index (χ1) is 4.86. The van der Waals surface area contributed by atoms with E-state index in [1.54, 1.807) is 5.57 Å². The molecule has 0 nitrogen and oxygen atoms in total. The molecule has 0 saturated carbocycles. The van der Waals surface area contributed by atoms with Gasteiger partial charge in [0.25, 0.3) is 0 Å². The second-order valence-corrected chi connectivity index (χ2v) is 3.17. The fourth-order valence-corrected chi connectivity index (χ4v) is 1.72. The van der Waals surface area contributed by atoms with Gasteiger partial charge in [0.05, 0.1) is 0 Å².